The largest absolute Gasteiger partial charge is 0.743 e. The van der Waals surface area contributed by atoms with Gasteiger partial charge in [0.05, 0.1) is 0 Å². The monoisotopic (exact) mass is 257 g/mol. The van der Waals surface area contributed by atoms with Gasteiger partial charge < -0.3 is 9.66 Å². The van der Waals surface area contributed by atoms with E-state index in [1.807, 2.05) is 0 Å². The first-order chi connectivity index (χ1) is 6.32. The molecule has 1 N–H and O–H groups in total. The average Bonchev–Trinajstić information content (AvgIpc) is 1.76. The molecule has 0 radical (unpaired) electrons. The Bertz CT molecular complexity index is 356. The topological polar surface area (TPSA) is 94.5 Å². The quantitative estimate of drug-likeness (QED) is 0.582. The van der Waals surface area contributed by atoms with Gasteiger partial charge in [0.2, 0.25) is 5.92 Å². The third-order valence-corrected chi connectivity index (χ3v) is 2.15. The van der Waals surface area contributed by atoms with E-state index < -0.39 is 33.4 Å². The van der Waals surface area contributed by atoms with Crippen molar-refractivity contribution in [3.63, 3.8) is 0 Å². The van der Waals surface area contributed by atoms with E-state index in [-0.39, 0.29) is 0 Å². The van der Waals surface area contributed by atoms with Crippen LogP contribution in [0.5, 0.6) is 0 Å². The molecule has 0 aromatic heterocycles. The lowest BCUT2D eigenvalue weighted by Gasteiger charge is -2.27. The molecule has 0 saturated carbocycles. The summed E-state index contributed by atoms with van der Waals surface area (Å²) < 4.78 is 89.2. The first kappa shape index (κ1) is 14.0. The number of rotatable bonds is 3. The van der Waals surface area contributed by atoms with Crippen LogP contribution in [0.1, 0.15) is 0 Å². The predicted molar refractivity (Wildman–Crippen MR) is 31.8 cm³/mol. The van der Waals surface area contributed by atoms with E-state index in [9.17, 15) is 39.7 Å². The van der Waals surface area contributed by atoms with Gasteiger partial charge in [-0.1, -0.05) is 0 Å². The van der Waals surface area contributed by atoms with Crippen LogP contribution >= 0.6 is 0 Å². The standard InChI is InChI=1S/C4H3F5O5S/c5-3(6,7)1(2(10)11)4(8,9)15(12,13)14/h1H,(H,10,11)(H,12,13,14)/p-1. The second kappa shape index (κ2) is 3.56. The first-order valence-electron chi connectivity index (χ1n) is 2.94. The van der Waals surface area contributed by atoms with Crippen molar-refractivity contribution >= 4 is 16.1 Å². The zero-order valence-electron chi connectivity index (χ0n) is 6.46. The van der Waals surface area contributed by atoms with Crippen LogP contribution in [0.3, 0.4) is 0 Å². The number of halogens is 5. The van der Waals surface area contributed by atoms with Gasteiger partial charge in [-0.25, -0.2) is 8.42 Å². The molecule has 90 valence electrons. The third kappa shape index (κ3) is 2.75. The number of carboxylic acid groups (broad SMARTS) is 1. The molecule has 1 unspecified atom stereocenters. The molecule has 0 aliphatic rings. The maximum atomic E-state index is 12.3. The highest BCUT2D eigenvalue weighted by Gasteiger charge is 2.64. The second-order valence-corrected chi connectivity index (χ2v) is 3.78. The van der Waals surface area contributed by atoms with E-state index in [1.54, 1.807) is 0 Å². The Morgan fingerprint density at radius 1 is 1.20 bits per heavy atom. The molecular weight excluding hydrogens is 255 g/mol. The van der Waals surface area contributed by atoms with Crippen LogP contribution < -0.4 is 0 Å². The van der Waals surface area contributed by atoms with E-state index >= 15 is 0 Å². The fourth-order valence-corrected chi connectivity index (χ4v) is 1.14. The summed E-state index contributed by atoms with van der Waals surface area (Å²) in [5.74, 6) is -7.72. The SMILES string of the molecule is O=C(O)C(C(F)(F)F)C(F)(F)S(=O)(=O)[O-]. The Kier molecular flexibility index (Phi) is 3.33. The molecule has 0 heterocycles. The molecule has 0 spiro atoms. The van der Waals surface area contributed by atoms with Crippen LogP contribution in [0, 0.1) is 5.92 Å². The molecule has 0 rings (SSSR count). The summed E-state index contributed by atoms with van der Waals surface area (Å²) in [5, 5.41) is 1.86. The van der Waals surface area contributed by atoms with E-state index in [0.29, 0.717) is 0 Å². The molecule has 0 aliphatic carbocycles. The van der Waals surface area contributed by atoms with Crippen molar-refractivity contribution in [3.05, 3.63) is 0 Å². The maximum Gasteiger partial charge on any atom is 0.409 e. The van der Waals surface area contributed by atoms with Gasteiger partial charge >= 0.3 is 17.4 Å². The highest BCUT2D eigenvalue weighted by atomic mass is 32.2. The Hall–Kier alpha value is -0.970. The number of carbonyl (C=O) groups is 1. The number of hydrogen-bond donors (Lipinski definition) is 1. The molecule has 0 fully saturated rings. The smallest absolute Gasteiger partial charge is 0.409 e. The molecule has 0 amide bonds. The molecular formula is C4H2F5O5S-. The first-order valence-corrected chi connectivity index (χ1v) is 4.35. The van der Waals surface area contributed by atoms with Crippen LogP contribution in [0.25, 0.3) is 0 Å². The molecule has 0 aromatic carbocycles. The van der Waals surface area contributed by atoms with Crippen molar-refractivity contribution in [2.75, 3.05) is 0 Å². The lowest BCUT2D eigenvalue weighted by molar-refractivity contribution is -0.225. The van der Waals surface area contributed by atoms with E-state index in [1.165, 1.54) is 0 Å². The van der Waals surface area contributed by atoms with E-state index in [4.69, 9.17) is 5.11 Å². The lowest BCUT2D eigenvalue weighted by Crippen LogP contribution is -2.49. The van der Waals surface area contributed by atoms with Gasteiger partial charge in [0.25, 0.3) is 0 Å². The fraction of sp³-hybridized carbons (Fsp3) is 0.750. The van der Waals surface area contributed by atoms with Crippen molar-refractivity contribution in [1.29, 1.82) is 0 Å². The normalized spacial score (nSPS) is 16.1. The van der Waals surface area contributed by atoms with Gasteiger partial charge in [-0.05, 0) is 0 Å². The van der Waals surface area contributed by atoms with Crippen molar-refractivity contribution in [2.24, 2.45) is 5.92 Å². The maximum absolute atomic E-state index is 12.3. The molecule has 0 saturated heterocycles. The van der Waals surface area contributed by atoms with Gasteiger partial charge in [0, 0.05) is 0 Å². The summed E-state index contributed by atoms with van der Waals surface area (Å²) in [6, 6.07) is 0. The minimum atomic E-state index is -6.71. The van der Waals surface area contributed by atoms with Gasteiger partial charge in [-0.2, -0.15) is 22.0 Å². The Labute approximate surface area is 79.2 Å². The molecule has 0 aliphatic heterocycles. The van der Waals surface area contributed by atoms with Crippen LogP contribution in [-0.2, 0) is 14.9 Å². The zero-order chi connectivity index (χ0) is 12.7. The van der Waals surface area contributed by atoms with Crippen molar-refractivity contribution in [2.45, 2.75) is 11.4 Å². The highest BCUT2D eigenvalue weighted by molar-refractivity contribution is 7.86. The molecule has 5 nitrogen and oxygen atoms in total. The predicted octanol–water partition coefficient (Wildman–Crippen LogP) is 0.388. The summed E-state index contributed by atoms with van der Waals surface area (Å²) >= 11 is 0. The summed E-state index contributed by atoms with van der Waals surface area (Å²) in [4.78, 5) is 9.84. The van der Waals surface area contributed by atoms with Gasteiger partial charge in [0.15, 0.2) is 10.1 Å². The van der Waals surface area contributed by atoms with Crippen LogP contribution in [0.2, 0.25) is 0 Å². The number of aliphatic carboxylic acids is 1. The van der Waals surface area contributed by atoms with Crippen molar-refractivity contribution in [3.8, 4) is 0 Å². The summed E-state index contributed by atoms with van der Waals surface area (Å²) in [6.07, 6.45) is -6.05. The summed E-state index contributed by atoms with van der Waals surface area (Å²) in [7, 11) is -6.71. The number of carboxylic acids is 1. The molecule has 0 bridgehead atoms. The Morgan fingerprint density at radius 3 is 1.60 bits per heavy atom. The van der Waals surface area contributed by atoms with E-state index in [0.717, 1.165) is 0 Å². The highest BCUT2D eigenvalue weighted by Crippen LogP contribution is 2.41. The Balaban J connectivity index is 5.59. The molecule has 0 aromatic rings. The molecule has 1 atom stereocenters. The molecule has 11 heteroatoms. The van der Waals surface area contributed by atoms with Crippen LogP contribution in [0.15, 0.2) is 0 Å². The summed E-state index contributed by atoms with van der Waals surface area (Å²) in [5.41, 5.74) is 0. The van der Waals surface area contributed by atoms with Gasteiger partial charge in [-0.3, -0.25) is 4.79 Å². The minimum absolute atomic E-state index is 3.15. The second-order valence-electron chi connectivity index (χ2n) is 2.33. The van der Waals surface area contributed by atoms with Crippen LogP contribution in [0.4, 0.5) is 22.0 Å². The average molecular weight is 257 g/mol. The Morgan fingerprint density at radius 2 is 1.53 bits per heavy atom. The van der Waals surface area contributed by atoms with Crippen molar-refractivity contribution < 1.29 is 44.8 Å². The molecule has 15 heavy (non-hydrogen) atoms. The number of hydrogen-bond acceptors (Lipinski definition) is 4. The lowest BCUT2D eigenvalue weighted by atomic mass is 10.1. The zero-order valence-corrected chi connectivity index (χ0v) is 7.27. The third-order valence-electron chi connectivity index (χ3n) is 1.24. The van der Waals surface area contributed by atoms with E-state index in [2.05, 4.69) is 0 Å². The number of alkyl halides is 5. The van der Waals surface area contributed by atoms with Crippen LogP contribution in [-0.4, -0.2) is 35.5 Å². The fourth-order valence-electron chi connectivity index (χ4n) is 0.619. The summed E-state index contributed by atoms with van der Waals surface area (Å²) in [6.45, 7) is 0. The van der Waals surface area contributed by atoms with Gasteiger partial charge in [0.1, 0.15) is 0 Å². The van der Waals surface area contributed by atoms with Crippen molar-refractivity contribution in [1.82, 2.24) is 0 Å². The minimum Gasteiger partial charge on any atom is -0.743 e. The van der Waals surface area contributed by atoms with Gasteiger partial charge in [-0.15, -0.1) is 0 Å².